The molecule has 1 aromatic carbocycles. The third-order valence-electron chi connectivity index (χ3n) is 4.45. The molecule has 1 aromatic heterocycles. The summed E-state index contributed by atoms with van der Waals surface area (Å²) >= 11 is 0. The lowest BCUT2D eigenvalue weighted by molar-refractivity contribution is 0.0696. The Kier molecular flexibility index (Phi) is 4.79. The van der Waals surface area contributed by atoms with E-state index in [1.54, 1.807) is 12.4 Å². The van der Waals surface area contributed by atoms with Crippen LogP contribution in [0.1, 0.15) is 41.3 Å². The van der Waals surface area contributed by atoms with E-state index in [2.05, 4.69) is 42.1 Å². The summed E-state index contributed by atoms with van der Waals surface area (Å²) in [5.41, 5.74) is 3.87. The molecule has 1 saturated heterocycles. The van der Waals surface area contributed by atoms with Gasteiger partial charge in [0.2, 0.25) is 5.95 Å². The molecule has 2 heterocycles. The number of nitrogens with one attached hydrogen (secondary N) is 1. The first-order valence-corrected chi connectivity index (χ1v) is 8.48. The maximum atomic E-state index is 12.5. The molecule has 24 heavy (non-hydrogen) atoms. The number of anilines is 2. The molecule has 0 saturated carbocycles. The fraction of sp³-hybridized carbons (Fsp3) is 0.421. The van der Waals surface area contributed by atoms with Gasteiger partial charge in [0.15, 0.2) is 0 Å². The average Bonchev–Trinajstić information content (AvgIpc) is 2.55. The van der Waals surface area contributed by atoms with Crippen molar-refractivity contribution in [1.29, 1.82) is 0 Å². The van der Waals surface area contributed by atoms with Crippen molar-refractivity contribution in [2.24, 2.45) is 5.92 Å². The maximum Gasteiger partial charge on any atom is 0.256 e. The Bertz CT molecular complexity index is 698. The summed E-state index contributed by atoms with van der Waals surface area (Å²) < 4.78 is 0. The van der Waals surface area contributed by atoms with Crippen LogP contribution in [0, 0.1) is 19.8 Å². The number of carbonyl (C=O) groups excluding carboxylic acids is 1. The van der Waals surface area contributed by atoms with Crippen LogP contribution in [-0.4, -0.2) is 33.9 Å². The molecule has 1 N–H and O–H groups in total. The maximum absolute atomic E-state index is 12.5. The quantitative estimate of drug-likeness (QED) is 0.935. The van der Waals surface area contributed by atoms with Crippen LogP contribution >= 0.6 is 0 Å². The molecule has 126 valence electrons. The Morgan fingerprint density at radius 2 is 1.67 bits per heavy atom. The normalized spacial score (nSPS) is 15.4. The highest BCUT2D eigenvalue weighted by Gasteiger charge is 2.21. The number of hydrogen-bond donors (Lipinski definition) is 1. The van der Waals surface area contributed by atoms with Gasteiger partial charge in [0.1, 0.15) is 0 Å². The van der Waals surface area contributed by atoms with Crippen LogP contribution < -0.4 is 5.32 Å². The standard InChI is InChI=1S/C19H24N4O/c1-13-4-6-23(7-5-13)18(24)16-11-20-19(21-12-16)22-17-9-14(2)8-15(3)10-17/h8-13H,4-7H2,1-3H3,(H,20,21,22). The van der Waals surface area contributed by atoms with E-state index in [-0.39, 0.29) is 5.91 Å². The molecule has 0 bridgehead atoms. The lowest BCUT2D eigenvalue weighted by Crippen LogP contribution is -2.38. The zero-order valence-electron chi connectivity index (χ0n) is 14.5. The van der Waals surface area contributed by atoms with E-state index in [1.165, 1.54) is 11.1 Å². The molecule has 0 unspecified atom stereocenters. The van der Waals surface area contributed by atoms with Gasteiger partial charge in [-0.15, -0.1) is 0 Å². The molecule has 5 nitrogen and oxygen atoms in total. The van der Waals surface area contributed by atoms with Crippen LogP contribution in [-0.2, 0) is 0 Å². The topological polar surface area (TPSA) is 58.1 Å². The smallest absolute Gasteiger partial charge is 0.256 e. The Hall–Kier alpha value is -2.43. The summed E-state index contributed by atoms with van der Waals surface area (Å²) in [6.07, 6.45) is 5.36. The highest BCUT2D eigenvalue weighted by Crippen LogP contribution is 2.19. The number of aromatic nitrogens is 2. The van der Waals surface area contributed by atoms with Gasteiger partial charge >= 0.3 is 0 Å². The number of amides is 1. The summed E-state index contributed by atoms with van der Waals surface area (Å²) in [6, 6.07) is 6.21. The minimum atomic E-state index is 0.0276. The molecular formula is C19H24N4O. The molecule has 2 aromatic rings. The number of hydrogen-bond acceptors (Lipinski definition) is 4. The van der Waals surface area contributed by atoms with E-state index in [4.69, 9.17) is 0 Å². The summed E-state index contributed by atoms with van der Waals surface area (Å²) in [4.78, 5) is 23.0. The molecule has 5 heteroatoms. The van der Waals surface area contributed by atoms with Crippen molar-refractivity contribution in [1.82, 2.24) is 14.9 Å². The van der Waals surface area contributed by atoms with Crippen molar-refractivity contribution in [3.05, 3.63) is 47.3 Å². The third-order valence-corrected chi connectivity index (χ3v) is 4.45. The molecule has 3 rings (SSSR count). The summed E-state index contributed by atoms with van der Waals surface area (Å²) in [7, 11) is 0. The second kappa shape index (κ2) is 6.99. The summed E-state index contributed by atoms with van der Waals surface area (Å²) in [5, 5.41) is 3.19. The van der Waals surface area contributed by atoms with Crippen LogP contribution in [0.5, 0.6) is 0 Å². The van der Waals surface area contributed by atoms with Crippen molar-refractivity contribution in [2.45, 2.75) is 33.6 Å². The largest absolute Gasteiger partial charge is 0.339 e. The zero-order valence-corrected chi connectivity index (χ0v) is 14.5. The lowest BCUT2D eigenvalue weighted by atomic mass is 9.99. The van der Waals surface area contributed by atoms with Crippen LogP contribution in [0.3, 0.4) is 0 Å². The zero-order chi connectivity index (χ0) is 17.1. The summed E-state index contributed by atoms with van der Waals surface area (Å²) in [5.74, 6) is 1.23. The van der Waals surface area contributed by atoms with Gasteiger partial charge in [-0.05, 0) is 55.9 Å². The summed E-state index contributed by atoms with van der Waals surface area (Å²) in [6.45, 7) is 7.99. The van der Waals surface area contributed by atoms with Crippen LogP contribution in [0.4, 0.5) is 11.6 Å². The monoisotopic (exact) mass is 324 g/mol. The van der Waals surface area contributed by atoms with E-state index in [1.807, 2.05) is 17.0 Å². The van der Waals surface area contributed by atoms with E-state index in [0.29, 0.717) is 17.4 Å². The Balaban J connectivity index is 1.67. The van der Waals surface area contributed by atoms with Crippen LogP contribution in [0.2, 0.25) is 0 Å². The fourth-order valence-electron chi connectivity index (χ4n) is 3.07. The van der Waals surface area contributed by atoms with E-state index in [9.17, 15) is 4.79 Å². The first-order chi connectivity index (χ1) is 11.5. The Morgan fingerprint density at radius 1 is 1.08 bits per heavy atom. The number of rotatable bonds is 3. The third kappa shape index (κ3) is 3.91. The van der Waals surface area contributed by atoms with Gasteiger partial charge in [-0.2, -0.15) is 0 Å². The number of piperidine rings is 1. The SMILES string of the molecule is Cc1cc(C)cc(Nc2ncc(C(=O)N3CCC(C)CC3)cn2)c1. The van der Waals surface area contributed by atoms with E-state index in [0.717, 1.165) is 31.6 Å². The minimum Gasteiger partial charge on any atom is -0.339 e. The predicted octanol–water partition coefficient (Wildman–Crippen LogP) is 3.71. The van der Waals surface area contributed by atoms with Crippen molar-refractivity contribution in [2.75, 3.05) is 18.4 Å². The molecule has 1 aliphatic rings. The van der Waals surface area contributed by atoms with Gasteiger partial charge in [-0.1, -0.05) is 13.0 Å². The van der Waals surface area contributed by atoms with Gasteiger partial charge < -0.3 is 10.2 Å². The van der Waals surface area contributed by atoms with Gasteiger partial charge in [-0.25, -0.2) is 9.97 Å². The second-order valence-corrected chi connectivity index (χ2v) is 6.77. The minimum absolute atomic E-state index is 0.0276. The van der Waals surface area contributed by atoms with Crippen LogP contribution in [0.25, 0.3) is 0 Å². The van der Waals surface area contributed by atoms with E-state index >= 15 is 0 Å². The first-order valence-electron chi connectivity index (χ1n) is 8.48. The molecule has 0 atom stereocenters. The second-order valence-electron chi connectivity index (χ2n) is 6.77. The molecule has 1 fully saturated rings. The molecule has 1 amide bonds. The van der Waals surface area contributed by atoms with Crippen LogP contribution in [0.15, 0.2) is 30.6 Å². The van der Waals surface area contributed by atoms with Crippen molar-refractivity contribution in [3.63, 3.8) is 0 Å². The highest BCUT2D eigenvalue weighted by molar-refractivity contribution is 5.93. The number of carbonyl (C=O) groups is 1. The molecule has 0 aliphatic carbocycles. The fourth-order valence-corrected chi connectivity index (χ4v) is 3.07. The van der Waals surface area contributed by atoms with Crippen molar-refractivity contribution in [3.8, 4) is 0 Å². The van der Waals surface area contributed by atoms with Gasteiger partial charge in [0, 0.05) is 31.2 Å². The van der Waals surface area contributed by atoms with Gasteiger partial charge in [0.25, 0.3) is 5.91 Å². The van der Waals surface area contributed by atoms with Crippen molar-refractivity contribution < 1.29 is 4.79 Å². The first kappa shape index (κ1) is 16.4. The average molecular weight is 324 g/mol. The molecular weight excluding hydrogens is 300 g/mol. The van der Waals surface area contributed by atoms with Gasteiger partial charge in [-0.3, -0.25) is 4.79 Å². The molecule has 1 aliphatic heterocycles. The van der Waals surface area contributed by atoms with Gasteiger partial charge in [0.05, 0.1) is 5.56 Å². The number of likely N-dealkylation sites (tertiary alicyclic amines) is 1. The molecule has 0 spiro atoms. The Morgan fingerprint density at radius 3 is 2.25 bits per heavy atom. The van der Waals surface area contributed by atoms with E-state index < -0.39 is 0 Å². The Labute approximate surface area is 143 Å². The number of nitrogens with zero attached hydrogens (tertiary/aromatic N) is 3. The number of benzene rings is 1. The molecule has 0 radical (unpaired) electrons. The lowest BCUT2D eigenvalue weighted by Gasteiger charge is -2.30. The predicted molar refractivity (Wildman–Crippen MR) is 95.5 cm³/mol. The highest BCUT2D eigenvalue weighted by atomic mass is 16.2. The van der Waals surface area contributed by atoms with Crippen molar-refractivity contribution >= 4 is 17.5 Å². The number of aryl methyl sites for hydroxylation is 2.